The monoisotopic (exact) mass is 473 g/mol. The molecule has 1 aromatic carbocycles. The summed E-state index contributed by atoms with van der Waals surface area (Å²) in [5.41, 5.74) is 5.72. The first-order chi connectivity index (χ1) is 15.7. The van der Waals surface area contributed by atoms with Gasteiger partial charge in [-0.25, -0.2) is 13.2 Å². The van der Waals surface area contributed by atoms with Gasteiger partial charge < -0.3 is 20.6 Å². The van der Waals surface area contributed by atoms with Crippen LogP contribution in [0, 0.1) is 11.6 Å². The molecule has 2 aromatic rings. The Bertz CT molecular complexity index is 1200. The molecule has 1 radical (unpaired) electrons. The molecule has 0 bridgehead atoms. The van der Waals surface area contributed by atoms with Crippen molar-refractivity contribution in [3.8, 4) is 5.75 Å². The maximum absolute atomic E-state index is 13.0. The molecule has 2 fully saturated rings. The zero-order valence-electron chi connectivity index (χ0n) is 17.4. The summed E-state index contributed by atoms with van der Waals surface area (Å²) in [4.78, 5) is 37.7. The van der Waals surface area contributed by atoms with Crippen molar-refractivity contribution >= 4 is 27.8 Å². The summed E-state index contributed by atoms with van der Waals surface area (Å²) in [7, 11) is -4.20. The van der Waals surface area contributed by atoms with E-state index in [0.717, 1.165) is 16.1 Å². The third-order valence-electron chi connectivity index (χ3n) is 5.68. The number of aromatic nitrogens is 1. The van der Waals surface area contributed by atoms with Crippen molar-refractivity contribution in [2.45, 2.75) is 30.0 Å². The number of ether oxygens (including phenoxy) is 1. The number of Topliss-reactive ketones (excluding diaryl/α,β-unsaturated/α-hetero) is 1. The number of likely N-dealkylation sites (tertiary alicyclic amines) is 1. The largest absolute Gasteiger partial charge is 0.618 e. The minimum Gasteiger partial charge on any atom is -0.618 e. The minimum absolute atomic E-state index is 0.222. The number of hydrogen-bond donors (Lipinski definition) is 1. The van der Waals surface area contributed by atoms with Crippen LogP contribution < -0.4 is 15.2 Å². The number of fused-ring (bicyclic) bond motifs is 1. The second-order valence-corrected chi connectivity index (χ2v) is 9.52. The van der Waals surface area contributed by atoms with Gasteiger partial charge in [-0.1, -0.05) is 12.1 Å². The molecular formula is C21H21N4O7S. The predicted octanol–water partition coefficient (Wildman–Crippen LogP) is -0.233. The summed E-state index contributed by atoms with van der Waals surface area (Å²) in [5, 5.41) is 11.5. The lowest BCUT2D eigenvalue weighted by Gasteiger charge is -2.23. The number of nitrogens with zero attached hydrogens (tertiary/aromatic N) is 3. The van der Waals surface area contributed by atoms with Gasteiger partial charge in [-0.15, -0.1) is 0 Å². The van der Waals surface area contributed by atoms with E-state index < -0.39 is 39.8 Å². The highest BCUT2D eigenvalue weighted by atomic mass is 32.2. The van der Waals surface area contributed by atoms with Crippen molar-refractivity contribution in [3.63, 3.8) is 0 Å². The highest BCUT2D eigenvalue weighted by Crippen LogP contribution is 2.33. The van der Waals surface area contributed by atoms with Gasteiger partial charge in [0.2, 0.25) is 5.91 Å². The number of nitrogens with two attached hydrogens (primary N) is 1. The molecule has 2 aliphatic heterocycles. The Labute approximate surface area is 190 Å². The number of amides is 2. The van der Waals surface area contributed by atoms with Gasteiger partial charge in [0, 0.05) is 18.7 Å². The maximum Gasteiger partial charge on any atom is 0.409 e. The normalized spacial score (nSPS) is 20.6. The van der Waals surface area contributed by atoms with Crippen LogP contribution in [0.4, 0.5) is 4.79 Å². The van der Waals surface area contributed by atoms with Gasteiger partial charge in [-0.05, 0) is 36.6 Å². The third-order valence-corrected chi connectivity index (χ3v) is 7.54. The topological polar surface area (TPSA) is 154 Å². The first kappa shape index (κ1) is 22.7. The van der Waals surface area contributed by atoms with E-state index in [1.807, 2.05) is 0 Å². The smallest absolute Gasteiger partial charge is 0.409 e. The van der Waals surface area contributed by atoms with Crippen LogP contribution in [0.2, 0.25) is 0 Å². The predicted molar refractivity (Wildman–Crippen MR) is 113 cm³/mol. The Hall–Kier alpha value is -3.51. The number of carbonyl (C=O) groups excluding carboxylic acids is 3. The van der Waals surface area contributed by atoms with E-state index in [4.69, 9.17) is 10.5 Å². The lowest BCUT2D eigenvalue weighted by atomic mass is 10.1. The summed E-state index contributed by atoms with van der Waals surface area (Å²) in [6, 6.07) is 8.84. The zero-order valence-corrected chi connectivity index (χ0v) is 18.2. The van der Waals surface area contributed by atoms with E-state index in [9.17, 15) is 28.0 Å². The molecule has 33 heavy (non-hydrogen) atoms. The van der Waals surface area contributed by atoms with Crippen LogP contribution in [-0.4, -0.2) is 60.6 Å². The molecular weight excluding hydrogens is 452 g/mol. The fourth-order valence-electron chi connectivity index (χ4n) is 4.21. The average Bonchev–Trinajstić information content (AvgIpc) is 3.34. The van der Waals surface area contributed by atoms with Crippen molar-refractivity contribution in [1.82, 2.24) is 9.21 Å². The average molecular weight is 473 g/mol. The Morgan fingerprint density at radius 2 is 1.94 bits per heavy atom. The lowest BCUT2D eigenvalue weighted by molar-refractivity contribution is -0.646. The highest BCUT2D eigenvalue weighted by Gasteiger charge is 2.54. The van der Waals surface area contributed by atoms with E-state index >= 15 is 0 Å². The van der Waals surface area contributed by atoms with Crippen molar-refractivity contribution in [1.29, 1.82) is 0 Å². The first-order valence-corrected chi connectivity index (χ1v) is 11.6. The van der Waals surface area contributed by atoms with E-state index in [1.54, 1.807) is 24.3 Å². The Balaban J connectivity index is 1.43. The first-order valence-electron chi connectivity index (χ1n) is 10.1. The Morgan fingerprint density at radius 1 is 1.21 bits per heavy atom. The molecule has 11 nitrogen and oxygen atoms in total. The number of sulfonamides is 1. The molecule has 2 atom stereocenters. The third kappa shape index (κ3) is 4.39. The molecule has 2 N–H and O–H groups in total. The number of carbonyl (C=O) groups is 3. The molecule has 3 heterocycles. The van der Waals surface area contributed by atoms with Crippen molar-refractivity contribution in [2.24, 2.45) is 5.73 Å². The van der Waals surface area contributed by atoms with Crippen LogP contribution in [0.5, 0.6) is 5.75 Å². The van der Waals surface area contributed by atoms with Crippen LogP contribution in [0.25, 0.3) is 0 Å². The summed E-state index contributed by atoms with van der Waals surface area (Å²) in [6.07, 6.45) is 2.12. The Kier molecular flexibility index (Phi) is 6.04. The van der Waals surface area contributed by atoms with Gasteiger partial charge >= 0.3 is 21.1 Å². The van der Waals surface area contributed by atoms with Gasteiger partial charge in [0.05, 0.1) is 19.0 Å². The molecule has 12 heteroatoms. The molecule has 2 aliphatic rings. The molecule has 173 valence electrons. The molecule has 4 rings (SSSR count). The molecule has 2 unspecified atom stereocenters. The molecule has 1 aromatic heterocycles. The van der Waals surface area contributed by atoms with Crippen molar-refractivity contribution in [2.75, 3.05) is 13.1 Å². The van der Waals surface area contributed by atoms with Crippen LogP contribution in [-0.2, 0) is 26.0 Å². The second-order valence-electron chi connectivity index (χ2n) is 7.69. The van der Waals surface area contributed by atoms with Gasteiger partial charge in [-0.3, -0.25) is 9.59 Å². The molecule has 0 saturated carbocycles. The van der Waals surface area contributed by atoms with E-state index in [-0.39, 0.29) is 35.1 Å². The van der Waals surface area contributed by atoms with Gasteiger partial charge in [-0.2, -0.15) is 9.04 Å². The minimum atomic E-state index is -4.20. The van der Waals surface area contributed by atoms with Gasteiger partial charge in [0.1, 0.15) is 11.8 Å². The summed E-state index contributed by atoms with van der Waals surface area (Å²) < 4.78 is 32.1. The van der Waals surface area contributed by atoms with Crippen LogP contribution in [0.1, 0.15) is 12.0 Å². The van der Waals surface area contributed by atoms with Crippen molar-refractivity contribution < 1.29 is 32.3 Å². The highest BCUT2D eigenvalue weighted by molar-refractivity contribution is 7.89. The van der Waals surface area contributed by atoms with E-state index in [1.165, 1.54) is 29.5 Å². The van der Waals surface area contributed by atoms with E-state index in [0.29, 0.717) is 6.42 Å². The SMILES string of the molecule is NC(=O)Oc1ccc(C[CH]C(=O)N2CCC3C2C(=O)CN3S(=O)(=O)c2cccc[n+]2[O-])cc1. The number of pyridine rings is 1. The fourth-order valence-corrected chi connectivity index (χ4v) is 5.86. The lowest BCUT2D eigenvalue weighted by Crippen LogP contribution is -2.45. The summed E-state index contributed by atoms with van der Waals surface area (Å²) in [6.45, 7) is -0.169. The number of ketones is 1. The number of rotatable bonds is 6. The quantitative estimate of drug-likeness (QED) is 0.449. The van der Waals surface area contributed by atoms with Crippen LogP contribution >= 0.6 is 0 Å². The number of primary amides is 1. The second kappa shape index (κ2) is 8.79. The molecule has 0 aliphatic carbocycles. The number of benzene rings is 1. The van der Waals surface area contributed by atoms with Gasteiger partial charge in [0.15, 0.2) is 12.0 Å². The number of hydrogen-bond acceptors (Lipinski definition) is 7. The van der Waals surface area contributed by atoms with Gasteiger partial charge in [0.25, 0.3) is 0 Å². The van der Waals surface area contributed by atoms with Crippen LogP contribution in [0.3, 0.4) is 0 Å². The Morgan fingerprint density at radius 3 is 2.61 bits per heavy atom. The molecule has 2 amide bonds. The maximum atomic E-state index is 13.0. The summed E-state index contributed by atoms with van der Waals surface area (Å²) >= 11 is 0. The van der Waals surface area contributed by atoms with E-state index in [2.05, 4.69) is 0 Å². The molecule has 2 saturated heterocycles. The van der Waals surface area contributed by atoms with Crippen LogP contribution in [0.15, 0.2) is 53.7 Å². The van der Waals surface area contributed by atoms with Crippen molar-refractivity contribution in [3.05, 3.63) is 65.9 Å². The zero-order chi connectivity index (χ0) is 23.8. The summed E-state index contributed by atoms with van der Waals surface area (Å²) in [5.74, 6) is -0.494. The fraction of sp³-hybridized carbons (Fsp3) is 0.286. The standard InChI is InChI=1S/C21H21N4O7S/c22-21(28)32-15-7-4-14(5-8-15)6-9-18(27)23-12-10-16-20(23)17(26)13-25(16)33(30,31)19-3-1-2-11-24(19)29/h1-5,7-9,11,16,20H,6,10,12-13H2,(H2,22,28). The molecule has 0 spiro atoms.